The van der Waals surface area contributed by atoms with E-state index >= 15 is 0 Å². The maximum atomic E-state index is 12.8. The van der Waals surface area contributed by atoms with Crippen molar-refractivity contribution in [1.82, 2.24) is 9.88 Å². The molecule has 4 rings (SSSR count). The molecule has 5 nitrogen and oxygen atoms in total. The van der Waals surface area contributed by atoms with Crippen molar-refractivity contribution in [3.05, 3.63) is 68.7 Å². The van der Waals surface area contributed by atoms with Gasteiger partial charge in [-0.05, 0) is 30.2 Å². The summed E-state index contributed by atoms with van der Waals surface area (Å²) in [5.74, 6) is 0.352. The van der Waals surface area contributed by atoms with E-state index in [-0.39, 0.29) is 10.6 Å². The second-order valence-electron chi connectivity index (χ2n) is 7.38. The Balaban J connectivity index is 1.47. The lowest BCUT2D eigenvalue weighted by Crippen LogP contribution is -2.46. The zero-order valence-electron chi connectivity index (χ0n) is 16.2. The van der Waals surface area contributed by atoms with Crippen molar-refractivity contribution in [1.29, 1.82) is 0 Å². The molecule has 1 aromatic carbocycles. The van der Waals surface area contributed by atoms with E-state index in [2.05, 4.69) is 9.88 Å². The Morgan fingerprint density at radius 3 is 2.53 bits per heavy atom. The molecule has 0 radical (unpaired) electrons. The molecule has 3 heterocycles. The average molecular weight is 438 g/mol. The van der Waals surface area contributed by atoms with Gasteiger partial charge in [-0.15, -0.1) is 0 Å². The molecule has 0 amide bonds. The quantitative estimate of drug-likeness (QED) is 0.565. The smallest absolute Gasteiger partial charge is 0.417 e. The molecule has 0 saturated carbocycles. The van der Waals surface area contributed by atoms with E-state index in [9.17, 15) is 18.0 Å². The van der Waals surface area contributed by atoms with E-state index in [1.807, 2.05) is 30.0 Å². The van der Waals surface area contributed by atoms with Gasteiger partial charge in [-0.1, -0.05) is 23.7 Å². The van der Waals surface area contributed by atoms with Gasteiger partial charge in [0.15, 0.2) is 0 Å². The van der Waals surface area contributed by atoms with Gasteiger partial charge < -0.3 is 9.32 Å². The zero-order chi connectivity index (χ0) is 21.5. The Labute approximate surface area is 175 Å². The number of piperazine rings is 1. The molecule has 1 fully saturated rings. The van der Waals surface area contributed by atoms with Crippen LogP contribution in [0.5, 0.6) is 0 Å². The lowest BCUT2D eigenvalue weighted by molar-refractivity contribution is -0.137. The van der Waals surface area contributed by atoms with Crippen LogP contribution >= 0.6 is 11.6 Å². The SMILES string of the molecule is Cc1ccc2c(CN3CCN(c4ncc(C(F)(F)F)cc4Cl)CC3)cc(=O)oc2c1. The number of fused-ring (bicyclic) bond motifs is 1. The molecule has 0 aliphatic carbocycles. The molecular weight excluding hydrogens is 419 g/mol. The van der Waals surface area contributed by atoms with Gasteiger partial charge in [0.1, 0.15) is 11.4 Å². The van der Waals surface area contributed by atoms with E-state index in [4.69, 9.17) is 16.0 Å². The summed E-state index contributed by atoms with van der Waals surface area (Å²) in [6.07, 6.45) is -3.66. The van der Waals surface area contributed by atoms with Crippen LogP contribution in [0, 0.1) is 6.92 Å². The second-order valence-corrected chi connectivity index (χ2v) is 7.79. The number of nitrogens with zero attached hydrogens (tertiary/aromatic N) is 3. The second kappa shape index (κ2) is 7.92. The number of alkyl halides is 3. The summed E-state index contributed by atoms with van der Waals surface area (Å²) in [4.78, 5) is 19.9. The van der Waals surface area contributed by atoms with Crippen LogP contribution in [0.25, 0.3) is 11.0 Å². The highest BCUT2D eigenvalue weighted by Gasteiger charge is 2.32. The van der Waals surface area contributed by atoms with Crippen molar-refractivity contribution in [3.63, 3.8) is 0 Å². The highest BCUT2D eigenvalue weighted by molar-refractivity contribution is 6.33. The van der Waals surface area contributed by atoms with Gasteiger partial charge in [0.05, 0.1) is 10.6 Å². The Morgan fingerprint density at radius 2 is 1.87 bits per heavy atom. The minimum atomic E-state index is -4.47. The predicted molar refractivity (Wildman–Crippen MR) is 109 cm³/mol. The van der Waals surface area contributed by atoms with Crippen molar-refractivity contribution in [2.45, 2.75) is 19.6 Å². The molecule has 0 spiro atoms. The van der Waals surface area contributed by atoms with E-state index in [1.54, 1.807) is 0 Å². The summed E-state index contributed by atoms with van der Waals surface area (Å²) in [5, 5.41) is 0.885. The van der Waals surface area contributed by atoms with Crippen LogP contribution in [-0.4, -0.2) is 36.1 Å². The van der Waals surface area contributed by atoms with Crippen molar-refractivity contribution < 1.29 is 17.6 Å². The number of hydrogen-bond donors (Lipinski definition) is 0. The van der Waals surface area contributed by atoms with Crippen molar-refractivity contribution in [2.75, 3.05) is 31.1 Å². The Kier molecular flexibility index (Phi) is 5.46. The lowest BCUT2D eigenvalue weighted by Gasteiger charge is -2.36. The number of halogens is 4. The normalized spacial score (nSPS) is 15.7. The molecule has 3 aromatic rings. The zero-order valence-corrected chi connectivity index (χ0v) is 16.9. The van der Waals surface area contributed by atoms with Crippen LogP contribution in [0.3, 0.4) is 0 Å². The highest BCUT2D eigenvalue weighted by atomic mass is 35.5. The van der Waals surface area contributed by atoms with Crippen molar-refractivity contribution in [2.24, 2.45) is 0 Å². The summed E-state index contributed by atoms with van der Waals surface area (Å²) in [6.45, 7) is 4.96. The van der Waals surface area contributed by atoms with Crippen LogP contribution in [0.4, 0.5) is 19.0 Å². The number of benzene rings is 1. The van der Waals surface area contributed by atoms with Crippen molar-refractivity contribution >= 4 is 28.4 Å². The van der Waals surface area contributed by atoms with Crippen LogP contribution in [0.1, 0.15) is 16.7 Å². The fourth-order valence-electron chi connectivity index (χ4n) is 3.65. The Hall–Kier alpha value is -2.58. The maximum Gasteiger partial charge on any atom is 0.417 e. The summed E-state index contributed by atoms with van der Waals surface area (Å²) in [5.41, 5.74) is 1.22. The van der Waals surface area contributed by atoms with Gasteiger partial charge in [0.25, 0.3) is 0 Å². The topological polar surface area (TPSA) is 49.6 Å². The molecular formula is C21H19ClF3N3O2. The first-order valence-electron chi connectivity index (χ1n) is 9.44. The van der Waals surface area contributed by atoms with Gasteiger partial charge in [-0.2, -0.15) is 13.2 Å². The third-order valence-electron chi connectivity index (χ3n) is 5.20. The van der Waals surface area contributed by atoms with Gasteiger partial charge >= 0.3 is 11.8 Å². The highest BCUT2D eigenvalue weighted by Crippen LogP contribution is 2.33. The summed E-state index contributed by atoms with van der Waals surface area (Å²) in [7, 11) is 0. The first-order valence-corrected chi connectivity index (χ1v) is 9.82. The number of anilines is 1. The Morgan fingerprint density at radius 1 is 1.13 bits per heavy atom. The third kappa shape index (κ3) is 4.29. The van der Waals surface area contributed by atoms with E-state index in [0.29, 0.717) is 44.1 Å². The molecule has 1 aliphatic heterocycles. The number of aromatic nitrogens is 1. The fraction of sp³-hybridized carbons (Fsp3) is 0.333. The largest absolute Gasteiger partial charge is 0.423 e. The van der Waals surface area contributed by atoms with E-state index in [0.717, 1.165) is 28.8 Å². The number of rotatable bonds is 3. The molecule has 30 heavy (non-hydrogen) atoms. The summed E-state index contributed by atoms with van der Waals surface area (Å²) >= 11 is 6.07. The van der Waals surface area contributed by atoms with E-state index in [1.165, 1.54) is 6.07 Å². The molecule has 0 bridgehead atoms. The summed E-state index contributed by atoms with van der Waals surface area (Å²) in [6, 6.07) is 8.19. The average Bonchev–Trinajstić information content (AvgIpc) is 2.67. The lowest BCUT2D eigenvalue weighted by atomic mass is 10.1. The first-order chi connectivity index (χ1) is 14.2. The molecule has 158 valence electrons. The summed E-state index contributed by atoms with van der Waals surface area (Å²) < 4.78 is 43.7. The van der Waals surface area contributed by atoms with Crippen LogP contribution in [0.15, 0.2) is 45.7 Å². The monoisotopic (exact) mass is 437 g/mol. The molecule has 0 N–H and O–H groups in total. The Bertz CT molecular complexity index is 1140. The number of aryl methyl sites for hydroxylation is 1. The van der Waals surface area contributed by atoms with Crippen LogP contribution in [0.2, 0.25) is 5.02 Å². The van der Waals surface area contributed by atoms with Gasteiger partial charge in [-0.25, -0.2) is 9.78 Å². The standard InChI is InChI=1S/C21H19ClF3N3O2/c1-13-2-3-16-14(9-19(29)30-18(16)8-13)12-27-4-6-28(7-5-27)20-17(22)10-15(11-26-20)21(23,24)25/h2-3,8-11H,4-7,12H2,1H3. The van der Waals surface area contributed by atoms with E-state index < -0.39 is 11.7 Å². The van der Waals surface area contributed by atoms with Gasteiger partial charge in [0.2, 0.25) is 0 Å². The molecule has 2 aromatic heterocycles. The molecule has 9 heteroatoms. The maximum absolute atomic E-state index is 12.8. The number of hydrogen-bond acceptors (Lipinski definition) is 5. The van der Waals surface area contributed by atoms with Crippen molar-refractivity contribution in [3.8, 4) is 0 Å². The molecule has 1 aliphatic rings. The fourth-order valence-corrected chi connectivity index (χ4v) is 3.93. The minimum Gasteiger partial charge on any atom is -0.423 e. The molecule has 0 atom stereocenters. The van der Waals surface area contributed by atoms with Gasteiger partial charge in [0, 0.05) is 50.4 Å². The predicted octanol–water partition coefficient (Wildman–Crippen LogP) is 4.49. The number of pyridine rings is 1. The third-order valence-corrected chi connectivity index (χ3v) is 5.48. The molecule has 0 unspecified atom stereocenters. The molecule has 1 saturated heterocycles. The minimum absolute atomic E-state index is 0.0136. The van der Waals surface area contributed by atoms with Crippen LogP contribution in [-0.2, 0) is 12.7 Å². The first kappa shape index (κ1) is 20.7. The van der Waals surface area contributed by atoms with Crippen LogP contribution < -0.4 is 10.5 Å². The van der Waals surface area contributed by atoms with Gasteiger partial charge in [-0.3, -0.25) is 4.90 Å².